The van der Waals surface area contributed by atoms with Gasteiger partial charge in [-0.2, -0.15) is 0 Å². The molecule has 35 heavy (non-hydrogen) atoms. The van der Waals surface area contributed by atoms with Crippen LogP contribution in [0.25, 0.3) is 15.9 Å². The van der Waals surface area contributed by atoms with E-state index in [9.17, 15) is 14.4 Å². The molecule has 4 rings (SSSR count). The minimum absolute atomic E-state index is 0.256. The monoisotopic (exact) mass is 491 g/mol. The van der Waals surface area contributed by atoms with E-state index in [0.29, 0.717) is 10.6 Å². The van der Waals surface area contributed by atoms with Crippen molar-refractivity contribution in [2.45, 2.75) is 26.3 Å². The number of carbonyl (C=O) groups is 3. The van der Waals surface area contributed by atoms with E-state index in [1.807, 2.05) is 79.3 Å². The molecule has 1 aromatic carbocycles. The number of aromatic nitrogens is 2. The molecule has 0 aliphatic rings. The maximum Gasteiger partial charge on any atom is 0.351 e. The van der Waals surface area contributed by atoms with E-state index >= 15 is 0 Å². The SMILES string of the molecule is COC(=O)C(Cc1ccccc1)NC(=O)COC(=O)c1sc2nc(C)cc(C)c2c1-n1cccc1. The minimum Gasteiger partial charge on any atom is -0.467 e. The lowest BCUT2D eigenvalue weighted by Gasteiger charge is -2.16. The van der Waals surface area contributed by atoms with Gasteiger partial charge in [-0.15, -0.1) is 11.3 Å². The highest BCUT2D eigenvalue weighted by atomic mass is 32.1. The number of nitrogens with one attached hydrogen (secondary N) is 1. The van der Waals surface area contributed by atoms with Gasteiger partial charge in [0.2, 0.25) is 0 Å². The summed E-state index contributed by atoms with van der Waals surface area (Å²) < 4.78 is 12.0. The minimum atomic E-state index is -0.900. The Morgan fingerprint density at radius 3 is 2.49 bits per heavy atom. The molecule has 8 nitrogen and oxygen atoms in total. The molecule has 3 heterocycles. The number of hydrogen-bond acceptors (Lipinski definition) is 7. The molecule has 0 aliphatic carbocycles. The van der Waals surface area contributed by atoms with Crippen molar-refractivity contribution in [1.82, 2.24) is 14.9 Å². The largest absolute Gasteiger partial charge is 0.467 e. The van der Waals surface area contributed by atoms with Gasteiger partial charge in [0, 0.05) is 29.9 Å². The Morgan fingerprint density at radius 2 is 1.80 bits per heavy atom. The van der Waals surface area contributed by atoms with Gasteiger partial charge in [-0.25, -0.2) is 14.6 Å². The normalized spacial score (nSPS) is 11.7. The summed E-state index contributed by atoms with van der Waals surface area (Å²) in [5.74, 6) is -1.81. The number of ether oxygens (including phenoxy) is 2. The number of rotatable bonds is 8. The number of amides is 1. The van der Waals surface area contributed by atoms with Crippen LogP contribution in [0.2, 0.25) is 0 Å². The number of thiophene rings is 1. The summed E-state index contributed by atoms with van der Waals surface area (Å²) in [6.45, 7) is 3.34. The second kappa shape index (κ2) is 10.5. The Balaban J connectivity index is 1.51. The second-order valence-electron chi connectivity index (χ2n) is 8.04. The Kier molecular flexibility index (Phi) is 7.26. The molecule has 0 fully saturated rings. The van der Waals surface area contributed by atoms with Crippen LogP contribution in [0.4, 0.5) is 0 Å². The van der Waals surface area contributed by atoms with E-state index in [2.05, 4.69) is 10.3 Å². The number of nitrogens with zero attached hydrogens (tertiary/aromatic N) is 2. The average Bonchev–Trinajstić information content (AvgIpc) is 3.50. The maximum absolute atomic E-state index is 13.1. The van der Waals surface area contributed by atoms with Gasteiger partial charge in [0.1, 0.15) is 15.7 Å². The molecular weight excluding hydrogens is 466 g/mol. The second-order valence-corrected chi connectivity index (χ2v) is 9.04. The van der Waals surface area contributed by atoms with Crippen molar-refractivity contribution in [2.24, 2.45) is 0 Å². The summed E-state index contributed by atoms with van der Waals surface area (Å²) in [5, 5.41) is 3.47. The molecule has 0 radical (unpaired) electrons. The average molecular weight is 492 g/mol. The molecule has 1 atom stereocenters. The van der Waals surface area contributed by atoms with Crippen LogP contribution in [0.3, 0.4) is 0 Å². The molecule has 0 spiro atoms. The Labute approximate surface area is 206 Å². The van der Waals surface area contributed by atoms with Crippen LogP contribution >= 0.6 is 11.3 Å². The molecule has 1 amide bonds. The zero-order chi connectivity index (χ0) is 24.9. The third kappa shape index (κ3) is 5.41. The van der Waals surface area contributed by atoms with E-state index in [1.165, 1.54) is 18.4 Å². The van der Waals surface area contributed by atoms with Crippen molar-refractivity contribution in [3.05, 3.63) is 82.6 Å². The topological polar surface area (TPSA) is 99.5 Å². The van der Waals surface area contributed by atoms with Crippen LogP contribution in [-0.2, 0) is 25.5 Å². The fourth-order valence-corrected chi connectivity index (χ4v) is 5.10. The highest BCUT2D eigenvalue weighted by Crippen LogP contribution is 2.36. The first-order valence-electron chi connectivity index (χ1n) is 11.0. The van der Waals surface area contributed by atoms with E-state index in [4.69, 9.17) is 9.47 Å². The van der Waals surface area contributed by atoms with Gasteiger partial charge in [0.05, 0.1) is 12.8 Å². The number of aryl methyl sites for hydroxylation is 2. The number of pyridine rings is 1. The Morgan fingerprint density at radius 1 is 1.09 bits per heavy atom. The third-order valence-corrected chi connectivity index (χ3v) is 6.50. The van der Waals surface area contributed by atoms with Crippen LogP contribution in [0.5, 0.6) is 0 Å². The first-order valence-corrected chi connectivity index (χ1v) is 11.8. The van der Waals surface area contributed by atoms with E-state index < -0.39 is 30.5 Å². The highest BCUT2D eigenvalue weighted by Gasteiger charge is 2.26. The fraction of sp³-hybridized carbons (Fsp3) is 0.231. The number of fused-ring (bicyclic) bond motifs is 1. The van der Waals surface area contributed by atoms with Crippen LogP contribution in [0.15, 0.2) is 60.9 Å². The number of methoxy groups -OCH3 is 1. The van der Waals surface area contributed by atoms with E-state index in [0.717, 1.165) is 27.0 Å². The summed E-state index contributed by atoms with van der Waals surface area (Å²) in [5.41, 5.74) is 3.37. The van der Waals surface area contributed by atoms with Gasteiger partial charge in [0.25, 0.3) is 5.91 Å². The molecule has 1 N–H and O–H groups in total. The van der Waals surface area contributed by atoms with E-state index in [-0.39, 0.29) is 6.42 Å². The summed E-state index contributed by atoms with van der Waals surface area (Å²) in [6, 6.07) is 14.0. The van der Waals surface area contributed by atoms with Crippen molar-refractivity contribution >= 4 is 39.4 Å². The lowest BCUT2D eigenvalue weighted by molar-refractivity contribution is -0.145. The molecule has 0 saturated carbocycles. The number of hydrogen-bond donors (Lipinski definition) is 1. The molecule has 1 unspecified atom stereocenters. The van der Waals surface area contributed by atoms with Gasteiger partial charge < -0.3 is 19.4 Å². The smallest absolute Gasteiger partial charge is 0.351 e. The van der Waals surface area contributed by atoms with E-state index in [1.54, 1.807) is 0 Å². The Bertz CT molecular complexity index is 1360. The third-order valence-electron chi connectivity index (χ3n) is 5.45. The zero-order valence-electron chi connectivity index (χ0n) is 19.6. The van der Waals surface area contributed by atoms with Crippen molar-refractivity contribution < 1.29 is 23.9 Å². The highest BCUT2D eigenvalue weighted by molar-refractivity contribution is 7.21. The van der Waals surface area contributed by atoms with Gasteiger partial charge in [-0.1, -0.05) is 30.3 Å². The first kappa shape index (κ1) is 24.2. The predicted molar refractivity (Wildman–Crippen MR) is 133 cm³/mol. The number of carbonyl (C=O) groups excluding carboxylic acids is 3. The quantitative estimate of drug-likeness (QED) is 0.377. The summed E-state index contributed by atoms with van der Waals surface area (Å²) in [4.78, 5) is 43.5. The molecule has 180 valence electrons. The summed E-state index contributed by atoms with van der Waals surface area (Å²) >= 11 is 1.22. The standard InChI is InChI=1S/C26H25N3O5S/c1-16-13-17(2)27-24-21(16)22(29-11-7-8-12-29)23(35-24)26(32)34-15-20(30)28-19(25(31)33-3)14-18-9-5-4-6-10-18/h4-13,19H,14-15H2,1-3H3,(H,28,30). The van der Waals surface area contributed by atoms with Crippen LogP contribution in [-0.4, -0.2) is 47.2 Å². The molecule has 0 bridgehead atoms. The molecular formula is C26H25N3O5S. The molecule has 0 aliphatic heterocycles. The van der Waals surface area contributed by atoms with Crippen LogP contribution in [0, 0.1) is 13.8 Å². The van der Waals surface area contributed by atoms with Gasteiger partial charge in [-0.3, -0.25) is 4.79 Å². The van der Waals surface area contributed by atoms with Gasteiger partial charge in [-0.05, 0) is 43.2 Å². The van der Waals surface area contributed by atoms with Crippen LogP contribution < -0.4 is 5.32 Å². The van der Waals surface area contributed by atoms with Crippen molar-refractivity contribution in [1.29, 1.82) is 0 Å². The fourth-order valence-electron chi connectivity index (χ4n) is 3.91. The van der Waals surface area contributed by atoms with Crippen molar-refractivity contribution in [3.63, 3.8) is 0 Å². The summed E-state index contributed by atoms with van der Waals surface area (Å²) in [7, 11) is 1.26. The lowest BCUT2D eigenvalue weighted by Crippen LogP contribution is -2.44. The van der Waals surface area contributed by atoms with Crippen molar-refractivity contribution in [2.75, 3.05) is 13.7 Å². The Hall–Kier alpha value is -3.98. The zero-order valence-corrected chi connectivity index (χ0v) is 20.4. The first-order chi connectivity index (χ1) is 16.9. The number of benzene rings is 1. The van der Waals surface area contributed by atoms with Crippen LogP contribution in [0.1, 0.15) is 26.5 Å². The molecule has 0 saturated heterocycles. The molecule has 9 heteroatoms. The predicted octanol–water partition coefficient (Wildman–Crippen LogP) is 3.76. The molecule has 4 aromatic rings. The molecule has 3 aromatic heterocycles. The van der Waals surface area contributed by atoms with Gasteiger partial charge >= 0.3 is 11.9 Å². The van der Waals surface area contributed by atoms with Crippen molar-refractivity contribution in [3.8, 4) is 5.69 Å². The number of esters is 2. The lowest BCUT2D eigenvalue weighted by atomic mass is 10.1. The van der Waals surface area contributed by atoms with Gasteiger partial charge in [0.15, 0.2) is 6.61 Å². The summed E-state index contributed by atoms with van der Waals surface area (Å²) in [6.07, 6.45) is 3.94. The maximum atomic E-state index is 13.1.